The fourth-order valence-corrected chi connectivity index (χ4v) is 8.89. The first-order chi connectivity index (χ1) is 4.91. The molecule has 0 nitrogen and oxygen atoms in total. The third kappa shape index (κ3) is 10.2. The number of hydrogen-bond donors (Lipinski definition) is 0. The molecule has 1 radical (unpaired) electrons. The lowest BCUT2D eigenvalue weighted by atomic mass is 10.7. The minimum Gasteiger partial charge on any atom is -0.165 e. The Hall–Kier alpha value is 2.24. The molecule has 0 bridgehead atoms. The van der Waals surface area contributed by atoms with Crippen LogP contribution >= 0.6 is 60.9 Å². The van der Waals surface area contributed by atoms with E-state index < -0.39 is 0 Å². The summed E-state index contributed by atoms with van der Waals surface area (Å²) in [6.07, 6.45) is 2.12. The van der Waals surface area contributed by atoms with Crippen molar-refractivity contribution in [1.82, 2.24) is 0 Å². The highest BCUT2D eigenvalue weighted by atomic mass is 33.4. The molecule has 0 aromatic carbocycles. The fraction of sp³-hybridized carbons (Fsp3) is 1.00. The largest absolute Gasteiger partial charge is 0.289 e. The van der Waals surface area contributed by atoms with Crippen LogP contribution in [0, 0.1) is 0 Å². The molecule has 1 unspecified atom stereocenters. The summed E-state index contributed by atoms with van der Waals surface area (Å²) in [6, 6.07) is 0. The Morgan fingerprint density at radius 3 is 2.90 bits per heavy atom. The predicted molar refractivity (Wildman–Crippen MR) is 68.5 cm³/mol. The number of hydrogen-bond acceptors (Lipinski definition) is 5. The van der Waals surface area contributed by atoms with Crippen LogP contribution in [0.15, 0.2) is 0 Å². The van der Waals surface area contributed by atoms with Crippen LogP contribution in [-0.4, -0.2) is 17.8 Å². The van der Waals surface area contributed by atoms with Gasteiger partial charge in [-0.15, -0.1) is 21.4 Å². The van der Waals surface area contributed by atoms with Crippen LogP contribution in [0.2, 0.25) is 0 Å². The minimum absolute atomic E-state index is 0.950. The molecule has 0 aliphatic rings. The topological polar surface area (TPSA) is 0 Å². The van der Waals surface area contributed by atoms with E-state index in [1.54, 1.807) is 0 Å². The molecule has 0 heterocycles. The molecule has 0 aromatic rings. The summed E-state index contributed by atoms with van der Waals surface area (Å²) in [6.45, 7) is 3.13. The maximum Gasteiger partial charge on any atom is 0.289 e. The van der Waals surface area contributed by atoms with Gasteiger partial charge in [-0.1, -0.05) is 28.1 Å². The average Bonchev–Trinajstić information content (AvgIpc) is 1.97. The zero-order valence-corrected chi connectivity index (χ0v) is 10.9. The molecule has 0 aliphatic carbocycles. The van der Waals surface area contributed by atoms with Crippen molar-refractivity contribution in [1.29, 1.82) is 0 Å². The predicted octanol–water partition coefficient (Wildman–Crippen LogP) is 4.17. The van der Waals surface area contributed by atoms with Gasteiger partial charge in [0.1, 0.15) is 0 Å². The zero-order chi connectivity index (χ0) is 7.66. The van der Waals surface area contributed by atoms with E-state index >= 15 is 0 Å². The quantitative estimate of drug-likeness (QED) is 0.285. The van der Waals surface area contributed by atoms with Gasteiger partial charge in [0, 0.05) is 0 Å². The zero-order valence-electron chi connectivity index (χ0n) is 5.83. The van der Waals surface area contributed by atoms with Crippen molar-refractivity contribution >= 4 is 66.7 Å². The molecule has 7 heteroatoms. The van der Waals surface area contributed by atoms with E-state index in [1.807, 2.05) is 53.9 Å². The van der Waals surface area contributed by atoms with Crippen LogP contribution in [0.4, 0.5) is 0 Å². The monoisotopic (exact) mass is 247 g/mol. The second-order valence-corrected chi connectivity index (χ2v) is 10.7. The molecule has 1 atom stereocenters. The van der Waals surface area contributed by atoms with Crippen molar-refractivity contribution in [2.24, 2.45) is 0 Å². The van der Waals surface area contributed by atoms with E-state index in [2.05, 4.69) is 19.0 Å². The first-order valence-corrected chi connectivity index (χ1v) is 10.9. The molecular weight excluding hydrogens is 238 g/mol. The van der Waals surface area contributed by atoms with E-state index in [1.165, 1.54) is 5.75 Å². The molecule has 0 amide bonds. The van der Waals surface area contributed by atoms with Gasteiger partial charge in [0.2, 0.25) is 0 Å². The summed E-state index contributed by atoms with van der Waals surface area (Å²) < 4.78 is 0. The summed E-state index contributed by atoms with van der Waals surface area (Å²) in [5.41, 5.74) is 0. The smallest absolute Gasteiger partial charge is 0.165 e. The normalized spacial score (nSPS) is 11.0. The third-order valence-electron chi connectivity index (χ3n) is 0.439. The minimum atomic E-state index is 0.950. The molecule has 0 saturated heterocycles. The summed E-state index contributed by atoms with van der Waals surface area (Å²) in [4.78, 5) is 0. The molecule has 0 aromatic heterocycles. The third-order valence-corrected chi connectivity index (χ3v) is 10.3. The maximum absolute atomic E-state index is 2.22. The van der Waals surface area contributed by atoms with E-state index in [0.29, 0.717) is 0 Å². The van der Waals surface area contributed by atoms with Crippen molar-refractivity contribution in [3.63, 3.8) is 0 Å². The van der Waals surface area contributed by atoms with Crippen molar-refractivity contribution in [3.8, 4) is 0 Å². The van der Waals surface area contributed by atoms with Gasteiger partial charge in [0.15, 0.2) is 0 Å². The van der Waals surface area contributed by atoms with Crippen LogP contribution in [0.1, 0.15) is 6.92 Å². The number of rotatable bonds is 7. The van der Waals surface area contributed by atoms with E-state index in [4.69, 9.17) is 0 Å². The summed E-state index contributed by atoms with van der Waals surface area (Å²) in [5, 5.41) is 0. The van der Waals surface area contributed by atoms with Crippen LogP contribution in [0.3, 0.4) is 0 Å². The van der Waals surface area contributed by atoms with E-state index in [0.717, 1.165) is 6.98 Å². The van der Waals surface area contributed by atoms with Gasteiger partial charge in [-0.05, 0) is 19.0 Å². The van der Waals surface area contributed by atoms with Gasteiger partial charge < -0.3 is 0 Å². The van der Waals surface area contributed by atoms with Crippen LogP contribution < -0.4 is 0 Å². The lowest BCUT2D eigenvalue weighted by molar-refractivity contribution is 1.54. The molecule has 0 fully saturated rings. The Kier molecular flexibility index (Phi) is 13.8. The van der Waals surface area contributed by atoms with Crippen molar-refractivity contribution in [2.75, 3.05) is 12.0 Å². The van der Waals surface area contributed by atoms with E-state index in [9.17, 15) is 0 Å². The maximum atomic E-state index is 2.22. The molecule has 59 valence electrons. The van der Waals surface area contributed by atoms with Crippen LogP contribution in [0.5, 0.6) is 0 Å². The van der Waals surface area contributed by atoms with Gasteiger partial charge in [0.25, 0.3) is 5.84 Å². The van der Waals surface area contributed by atoms with Gasteiger partial charge in [-0.2, -0.15) is 11.2 Å². The van der Waals surface area contributed by atoms with Crippen molar-refractivity contribution in [2.45, 2.75) is 6.92 Å². The average molecular weight is 247 g/mol. The lowest BCUT2D eigenvalue weighted by Gasteiger charge is -1.95. The standard InChI is InChI=1S/C3H9BPS5/c1-3-7-9-4-8-5-10-6-2/h5H,3H2,1-2H3. The Balaban J connectivity index is 2.65. The Bertz CT molecular complexity index is 56.9. The van der Waals surface area contributed by atoms with Gasteiger partial charge >= 0.3 is 0 Å². The molecule has 0 spiro atoms. The molecule has 0 N–H and O–H groups in total. The van der Waals surface area contributed by atoms with Crippen LogP contribution in [-0.2, 0) is 0 Å². The second kappa shape index (κ2) is 11.2. The summed E-state index contributed by atoms with van der Waals surface area (Å²) >= 11 is 1.90. The first-order valence-electron chi connectivity index (χ1n) is 2.62. The Morgan fingerprint density at radius 2 is 2.30 bits per heavy atom. The van der Waals surface area contributed by atoms with Gasteiger partial charge in [0.05, 0.1) is 0 Å². The molecule has 0 saturated carbocycles. The Morgan fingerprint density at radius 1 is 1.50 bits per heavy atom. The summed E-state index contributed by atoms with van der Waals surface area (Å²) in [5.74, 6) is 3.41. The van der Waals surface area contributed by atoms with Gasteiger partial charge in [-0.3, -0.25) is 0 Å². The molecule has 0 aliphatic heterocycles. The van der Waals surface area contributed by atoms with Crippen LogP contribution in [0.25, 0.3) is 0 Å². The Labute approximate surface area is 85.1 Å². The SMILES string of the molecule is CCSS[B]SPSSC. The molecule has 0 rings (SSSR count). The first kappa shape index (κ1) is 12.2. The lowest BCUT2D eigenvalue weighted by Crippen LogP contribution is -1.64. The molecular formula is C3H9BPS5. The van der Waals surface area contributed by atoms with Crippen molar-refractivity contribution in [3.05, 3.63) is 0 Å². The van der Waals surface area contributed by atoms with Crippen molar-refractivity contribution < 1.29 is 0 Å². The highest BCUT2D eigenvalue weighted by Crippen LogP contribution is 2.49. The highest BCUT2D eigenvalue weighted by Gasteiger charge is 1.91. The highest BCUT2D eigenvalue weighted by molar-refractivity contribution is 9.12. The van der Waals surface area contributed by atoms with Gasteiger partial charge in [-0.25, -0.2) is 0 Å². The van der Waals surface area contributed by atoms with E-state index in [-0.39, 0.29) is 0 Å². The second-order valence-electron chi connectivity index (χ2n) is 1.05. The molecule has 10 heavy (non-hydrogen) atoms. The summed E-state index contributed by atoms with van der Waals surface area (Å²) in [7, 11) is 7.49. The fourth-order valence-electron chi connectivity index (χ4n) is 0.189.